The van der Waals surface area contributed by atoms with Gasteiger partial charge in [-0.1, -0.05) is 12.1 Å². The van der Waals surface area contributed by atoms with E-state index < -0.39 is 24.5 Å². The molecule has 2 amide bonds. The number of methoxy groups -OCH3 is 1. The lowest BCUT2D eigenvalue weighted by atomic mass is 10.1. The molecule has 1 aliphatic heterocycles. The van der Waals surface area contributed by atoms with Crippen molar-refractivity contribution in [3.8, 4) is 11.8 Å². The van der Waals surface area contributed by atoms with Gasteiger partial charge < -0.3 is 20.3 Å². The number of halogens is 3. The van der Waals surface area contributed by atoms with Crippen LogP contribution < -0.4 is 20.3 Å². The van der Waals surface area contributed by atoms with Gasteiger partial charge in [-0.2, -0.15) is 23.5 Å². The first-order chi connectivity index (χ1) is 17.6. The Morgan fingerprint density at radius 1 is 1.24 bits per heavy atom. The molecule has 0 fully saturated rings. The van der Waals surface area contributed by atoms with Crippen molar-refractivity contribution in [1.29, 1.82) is 5.26 Å². The van der Waals surface area contributed by atoms with E-state index in [0.717, 1.165) is 0 Å². The van der Waals surface area contributed by atoms with Gasteiger partial charge in [0.25, 0.3) is 11.8 Å². The number of hydrogen-bond acceptors (Lipinski definition) is 6. The minimum absolute atomic E-state index is 0.0270. The van der Waals surface area contributed by atoms with Crippen molar-refractivity contribution in [1.82, 2.24) is 15.1 Å². The van der Waals surface area contributed by atoms with Crippen molar-refractivity contribution < 1.29 is 27.5 Å². The second kappa shape index (κ2) is 10.3. The highest BCUT2D eigenvalue weighted by Gasteiger charge is 2.36. The Kier molecular flexibility index (Phi) is 7.17. The standard InChI is InChI=1S/C25H23F3N6O3/c1-15-13-33-22(20(12-31-33)23(35)32-18-5-8-21(37-2)17(9-18)10-29)24(36)34(15)19-6-3-16(4-7-19)11-30-14-25(26,27)28/h3-9,12,15,30H,11,13-14H2,1-2H3,(H,32,35)/t15-/m0/s1. The minimum atomic E-state index is -4.30. The Morgan fingerprint density at radius 3 is 2.62 bits per heavy atom. The molecule has 3 aromatic rings. The Morgan fingerprint density at radius 2 is 1.97 bits per heavy atom. The second-order valence-electron chi connectivity index (χ2n) is 8.48. The van der Waals surface area contributed by atoms with E-state index in [4.69, 9.17) is 4.74 Å². The Bertz CT molecular complexity index is 1360. The minimum Gasteiger partial charge on any atom is -0.495 e. The fourth-order valence-electron chi connectivity index (χ4n) is 4.13. The van der Waals surface area contributed by atoms with Gasteiger partial charge in [-0.05, 0) is 42.8 Å². The number of alkyl halides is 3. The molecule has 2 N–H and O–H groups in total. The monoisotopic (exact) mass is 512 g/mol. The van der Waals surface area contributed by atoms with Crippen LogP contribution in [-0.2, 0) is 13.1 Å². The van der Waals surface area contributed by atoms with Crippen LogP contribution in [0.2, 0.25) is 0 Å². The number of ether oxygens (including phenoxy) is 1. The third-order valence-corrected chi connectivity index (χ3v) is 5.83. The number of hydrogen-bond donors (Lipinski definition) is 2. The summed E-state index contributed by atoms with van der Waals surface area (Å²) in [6.07, 6.45) is -2.98. The number of nitriles is 1. The molecule has 4 rings (SSSR count). The predicted molar refractivity (Wildman–Crippen MR) is 128 cm³/mol. The Hall–Kier alpha value is -4.37. The van der Waals surface area contributed by atoms with Gasteiger partial charge in [0.05, 0.1) is 43.6 Å². The topological polar surface area (TPSA) is 112 Å². The van der Waals surface area contributed by atoms with Gasteiger partial charge in [-0.15, -0.1) is 0 Å². The maximum Gasteiger partial charge on any atom is 0.401 e. The highest BCUT2D eigenvalue weighted by atomic mass is 19.4. The number of aromatic nitrogens is 2. The van der Waals surface area contributed by atoms with Crippen molar-refractivity contribution >= 4 is 23.2 Å². The van der Waals surface area contributed by atoms with E-state index in [0.29, 0.717) is 29.2 Å². The van der Waals surface area contributed by atoms with Crippen molar-refractivity contribution in [3.63, 3.8) is 0 Å². The molecule has 0 bridgehead atoms. The lowest BCUT2D eigenvalue weighted by molar-refractivity contribution is -0.125. The number of anilines is 2. The van der Waals surface area contributed by atoms with Crippen LogP contribution in [0, 0.1) is 11.3 Å². The van der Waals surface area contributed by atoms with E-state index in [9.17, 15) is 28.0 Å². The first-order valence-corrected chi connectivity index (χ1v) is 11.3. The number of carbonyl (C=O) groups is 2. The molecule has 0 aliphatic carbocycles. The molecule has 0 radical (unpaired) electrons. The highest BCUT2D eigenvalue weighted by Crippen LogP contribution is 2.28. The van der Waals surface area contributed by atoms with Crippen LogP contribution in [0.15, 0.2) is 48.7 Å². The van der Waals surface area contributed by atoms with Gasteiger partial charge in [-0.25, -0.2) is 0 Å². The van der Waals surface area contributed by atoms with Crippen molar-refractivity contribution in [2.24, 2.45) is 0 Å². The van der Waals surface area contributed by atoms with Gasteiger partial charge in [0.1, 0.15) is 17.5 Å². The SMILES string of the molecule is COc1ccc(NC(=O)c2cnn3c2C(=O)N(c2ccc(CNCC(F)(F)F)cc2)[C@@H](C)C3)cc1C#N. The fourth-order valence-corrected chi connectivity index (χ4v) is 4.13. The molecule has 12 heteroatoms. The number of fused-ring (bicyclic) bond motifs is 1. The van der Waals surface area contributed by atoms with E-state index >= 15 is 0 Å². The van der Waals surface area contributed by atoms with Gasteiger partial charge in [0, 0.05) is 17.9 Å². The second-order valence-corrected chi connectivity index (χ2v) is 8.48. The molecule has 192 valence electrons. The highest BCUT2D eigenvalue weighted by molar-refractivity contribution is 6.15. The Balaban J connectivity index is 1.53. The number of rotatable bonds is 7. The zero-order valence-electron chi connectivity index (χ0n) is 20.0. The van der Waals surface area contributed by atoms with Crippen LogP contribution >= 0.6 is 0 Å². The maximum absolute atomic E-state index is 13.5. The molecule has 9 nitrogen and oxygen atoms in total. The molecule has 2 heterocycles. The molecule has 2 aromatic carbocycles. The van der Waals surface area contributed by atoms with Crippen LogP contribution in [0.1, 0.15) is 38.9 Å². The van der Waals surface area contributed by atoms with E-state index in [1.807, 2.05) is 13.0 Å². The number of nitrogens with one attached hydrogen (secondary N) is 2. The lowest BCUT2D eigenvalue weighted by Crippen LogP contribution is -2.47. The van der Waals surface area contributed by atoms with Gasteiger partial charge in [0.2, 0.25) is 0 Å². The van der Waals surface area contributed by atoms with E-state index in [1.54, 1.807) is 36.4 Å². The van der Waals surface area contributed by atoms with Crippen LogP contribution in [0.5, 0.6) is 5.75 Å². The molecule has 0 unspecified atom stereocenters. The average molecular weight is 512 g/mol. The summed E-state index contributed by atoms with van der Waals surface area (Å²) >= 11 is 0. The smallest absolute Gasteiger partial charge is 0.401 e. The van der Waals surface area contributed by atoms with E-state index in [2.05, 4.69) is 15.7 Å². The van der Waals surface area contributed by atoms with Crippen LogP contribution in [0.25, 0.3) is 0 Å². The fraction of sp³-hybridized carbons (Fsp3) is 0.280. The quantitative estimate of drug-likeness (QED) is 0.499. The zero-order valence-corrected chi connectivity index (χ0v) is 20.0. The van der Waals surface area contributed by atoms with Gasteiger partial charge in [-0.3, -0.25) is 14.3 Å². The molecule has 0 saturated heterocycles. The zero-order chi connectivity index (χ0) is 26.7. The summed E-state index contributed by atoms with van der Waals surface area (Å²) < 4.78 is 43.7. The molecular formula is C25H23F3N6O3. The van der Waals surface area contributed by atoms with Crippen molar-refractivity contribution in [2.45, 2.75) is 32.2 Å². The maximum atomic E-state index is 13.5. The summed E-state index contributed by atoms with van der Waals surface area (Å²) in [5, 5.41) is 18.5. The molecule has 37 heavy (non-hydrogen) atoms. The summed E-state index contributed by atoms with van der Waals surface area (Å²) in [5.74, 6) is -0.633. The summed E-state index contributed by atoms with van der Waals surface area (Å²) in [7, 11) is 1.43. The van der Waals surface area contributed by atoms with E-state index in [1.165, 1.54) is 29.0 Å². The summed E-state index contributed by atoms with van der Waals surface area (Å²) in [6, 6.07) is 12.9. The van der Waals surface area contributed by atoms with Gasteiger partial charge in [0.15, 0.2) is 0 Å². The summed E-state index contributed by atoms with van der Waals surface area (Å²) in [6.45, 7) is 1.10. The van der Waals surface area contributed by atoms with E-state index in [-0.39, 0.29) is 29.4 Å². The first-order valence-electron chi connectivity index (χ1n) is 11.3. The summed E-state index contributed by atoms with van der Waals surface area (Å²) in [4.78, 5) is 28.1. The lowest BCUT2D eigenvalue weighted by Gasteiger charge is -2.34. The molecule has 0 spiro atoms. The number of nitrogens with zero attached hydrogens (tertiary/aromatic N) is 4. The van der Waals surface area contributed by atoms with Crippen LogP contribution in [0.3, 0.4) is 0 Å². The number of benzene rings is 2. The third kappa shape index (κ3) is 5.57. The predicted octanol–water partition coefficient (Wildman–Crippen LogP) is 3.72. The summed E-state index contributed by atoms with van der Waals surface area (Å²) in [5.41, 5.74) is 1.96. The first kappa shape index (κ1) is 25.7. The molecule has 1 aromatic heterocycles. The van der Waals surface area contributed by atoms with Gasteiger partial charge >= 0.3 is 6.18 Å². The normalized spacial score (nSPS) is 15.2. The molecule has 0 saturated carbocycles. The molecule has 1 aliphatic rings. The number of carbonyl (C=O) groups excluding carboxylic acids is 2. The third-order valence-electron chi connectivity index (χ3n) is 5.83. The number of amides is 2. The van der Waals surface area contributed by atoms with Crippen LogP contribution in [-0.4, -0.2) is 47.5 Å². The van der Waals surface area contributed by atoms with Crippen LogP contribution in [0.4, 0.5) is 24.5 Å². The van der Waals surface area contributed by atoms with Crippen molar-refractivity contribution in [3.05, 3.63) is 71.0 Å². The molecular weight excluding hydrogens is 489 g/mol. The Labute approximate surface area is 210 Å². The average Bonchev–Trinajstić information content (AvgIpc) is 3.28. The molecule has 1 atom stereocenters. The largest absolute Gasteiger partial charge is 0.495 e. The van der Waals surface area contributed by atoms with Crippen molar-refractivity contribution in [2.75, 3.05) is 23.9 Å².